The van der Waals surface area contributed by atoms with Gasteiger partial charge in [-0.1, -0.05) is 60.1 Å². The van der Waals surface area contributed by atoms with E-state index in [0.717, 1.165) is 21.7 Å². The Bertz CT molecular complexity index is 1870. The number of rotatable bonds is 10. The standard InChI is InChI=1S/C35H29ClN4O5/c1-23-30(34(42)39(35(43)31(23)20-37)16-9-17-44-24(2)41)19-27-21-40(28-12-4-3-5-13-28)38-33(27)25-11-8-14-29(18-25)45-22-26-10-6-7-15-32(26)36/h3-8,10-15,18-19,21H,9,16-17,22H2,1-2H3/b30-19+. The van der Waals surface area contributed by atoms with E-state index in [-0.39, 0.29) is 42.9 Å². The number of benzene rings is 3. The highest BCUT2D eigenvalue weighted by atomic mass is 35.5. The molecule has 9 nitrogen and oxygen atoms in total. The number of imide groups is 1. The topological polar surface area (TPSA) is 115 Å². The number of nitrogens with zero attached hydrogens (tertiary/aromatic N) is 4. The van der Waals surface area contributed by atoms with Gasteiger partial charge >= 0.3 is 5.97 Å². The number of nitriles is 1. The number of hydrogen-bond acceptors (Lipinski definition) is 7. The molecule has 0 N–H and O–H groups in total. The summed E-state index contributed by atoms with van der Waals surface area (Å²) in [5, 5.41) is 15.3. The Kier molecular flexibility index (Phi) is 9.56. The van der Waals surface area contributed by atoms with Crippen molar-refractivity contribution in [2.45, 2.75) is 26.9 Å². The predicted molar refractivity (Wildman–Crippen MR) is 169 cm³/mol. The maximum absolute atomic E-state index is 13.7. The molecule has 0 fully saturated rings. The Labute approximate surface area is 265 Å². The molecule has 0 radical (unpaired) electrons. The van der Waals surface area contributed by atoms with Crippen LogP contribution in [-0.2, 0) is 25.7 Å². The lowest BCUT2D eigenvalue weighted by Gasteiger charge is -2.27. The zero-order valence-corrected chi connectivity index (χ0v) is 25.5. The average Bonchev–Trinajstić information content (AvgIpc) is 3.47. The molecule has 10 heteroatoms. The maximum Gasteiger partial charge on any atom is 0.302 e. The van der Waals surface area contributed by atoms with Crippen LogP contribution in [0.15, 0.2) is 102 Å². The van der Waals surface area contributed by atoms with Gasteiger partial charge in [-0.05, 0) is 55.3 Å². The van der Waals surface area contributed by atoms with Gasteiger partial charge in [0.25, 0.3) is 11.8 Å². The quantitative estimate of drug-likeness (QED) is 0.0882. The van der Waals surface area contributed by atoms with Crippen LogP contribution >= 0.6 is 11.6 Å². The molecule has 0 saturated heterocycles. The highest BCUT2D eigenvalue weighted by Gasteiger charge is 2.35. The molecule has 0 atom stereocenters. The van der Waals surface area contributed by atoms with Crippen molar-refractivity contribution in [2.24, 2.45) is 0 Å². The van der Waals surface area contributed by atoms with E-state index in [0.29, 0.717) is 22.0 Å². The number of halogens is 1. The Hall–Kier alpha value is -5.46. The summed E-state index contributed by atoms with van der Waals surface area (Å²) in [4.78, 5) is 38.9. The molecular formula is C35H29ClN4O5. The molecule has 4 aromatic rings. The third-order valence-corrected chi connectivity index (χ3v) is 7.55. The number of amides is 2. The molecule has 3 aromatic carbocycles. The summed E-state index contributed by atoms with van der Waals surface area (Å²) < 4.78 is 12.7. The molecule has 0 aliphatic carbocycles. The van der Waals surface area contributed by atoms with Crippen LogP contribution < -0.4 is 4.74 Å². The molecule has 1 aliphatic heterocycles. The molecule has 45 heavy (non-hydrogen) atoms. The average molecular weight is 621 g/mol. The number of esters is 1. The molecule has 226 valence electrons. The Morgan fingerprint density at radius 3 is 2.51 bits per heavy atom. The molecule has 1 aromatic heterocycles. The molecule has 5 rings (SSSR count). The van der Waals surface area contributed by atoms with E-state index in [4.69, 9.17) is 26.2 Å². The van der Waals surface area contributed by atoms with Crippen LogP contribution in [0.1, 0.15) is 31.4 Å². The summed E-state index contributed by atoms with van der Waals surface area (Å²) in [6, 6.07) is 26.4. The van der Waals surface area contributed by atoms with E-state index >= 15 is 0 Å². The molecule has 0 bridgehead atoms. The minimum Gasteiger partial charge on any atom is -0.489 e. The fourth-order valence-electron chi connectivity index (χ4n) is 4.87. The van der Waals surface area contributed by atoms with Gasteiger partial charge in [0.15, 0.2) is 0 Å². The fourth-order valence-corrected chi connectivity index (χ4v) is 5.06. The van der Waals surface area contributed by atoms with Crippen molar-refractivity contribution in [3.05, 3.63) is 118 Å². The van der Waals surface area contributed by atoms with E-state index in [2.05, 4.69) is 0 Å². The van der Waals surface area contributed by atoms with Gasteiger partial charge in [0.2, 0.25) is 0 Å². The van der Waals surface area contributed by atoms with Crippen LogP contribution in [0.5, 0.6) is 5.75 Å². The summed E-state index contributed by atoms with van der Waals surface area (Å²) in [6.07, 6.45) is 3.68. The van der Waals surface area contributed by atoms with Crippen LogP contribution in [-0.4, -0.2) is 45.6 Å². The van der Waals surface area contributed by atoms with Crippen molar-refractivity contribution >= 4 is 35.5 Å². The first-order chi connectivity index (χ1) is 21.8. The molecule has 2 heterocycles. The maximum atomic E-state index is 13.7. The Balaban J connectivity index is 1.54. The van der Waals surface area contributed by atoms with E-state index in [1.165, 1.54) is 6.92 Å². The van der Waals surface area contributed by atoms with Gasteiger partial charge in [0.05, 0.1) is 12.3 Å². The van der Waals surface area contributed by atoms with Crippen molar-refractivity contribution in [3.63, 3.8) is 0 Å². The normalized spacial score (nSPS) is 14.1. The summed E-state index contributed by atoms with van der Waals surface area (Å²) in [5.41, 5.74) is 3.88. The summed E-state index contributed by atoms with van der Waals surface area (Å²) in [7, 11) is 0. The number of carbonyl (C=O) groups excluding carboxylic acids is 3. The molecule has 2 amide bonds. The molecular weight excluding hydrogens is 592 g/mol. The number of para-hydroxylation sites is 1. The van der Waals surface area contributed by atoms with E-state index in [1.807, 2.05) is 84.9 Å². The minimum absolute atomic E-state index is 0.0122. The van der Waals surface area contributed by atoms with Gasteiger partial charge in [-0.15, -0.1) is 0 Å². The van der Waals surface area contributed by atoms with E-state index < -0.39 is 17.8 Å². The highest BCUT2D eigenvalue weighted by molar-refractivity contribution is 6.31. The third kappa shape index (κ3) is 7.03. The van der Waals surface area contributed by atoms with Gasteiger partial charge in [0, 0.05) is 47.0 Å². The molecule has 0 saturated carbocycles. The summed E-state index contributed by atoms with van der Waals surface area (Å²) in [6.45, 7) is 3.17. The second kappa shape index (κ2) is 13.9. The largest absolute Gasteiger partial charge is 0.489 e. The van der Waals surface area contributed by atoms with E-state index in [9.17, 15) is 19.6 Å². The van der Waals surface area contributed by atoms with Gasteiger partial charge in [0.1, 0.15) is 29.7 Å². The van der Waals surface area contributed by atoms with Crippen LogP contribution in [0.2, 0.25) is 5.02 Å². The lowest BCUT2D eigenvalue weighted by molar-refractivity contribution is -0.141. The second-order valence-electron chi connectivity index (χ2n) is 10.2. The predicted octanol–water partition coefficient (Wildman–Crippen LogP) is 6.32. The minimum atomic E-state index is -0.677. The fraction of sp³-hybridized carbons (Fsp3) is 0.171. The first-order valence-electron chi connectivity index (χ1n) is 14.2. The Morgan fingerprint density at radius 1 is 1.02 bits per heavy atom. The van der Waals surface area contributed by atoms with Crippen molar-refractivity contribution in [3.8, 4) is 28.8 Å². The number of carbonyl (C=O) groups is 3. The van der Waals surface area contributed by atoms with Crippen LogP contribution in [0, 0.1) is 11.3 Å². The smallest absolute Gasteiger partial charge is 0.302 e. The van der Waals surface area contributed by atoms with Crippen LogP contribution in [0.4, 0.5) is 0 Å². The zero-order valence-electron chi connectivity index (χ0n) is 24.7. The number of aromatic nitrogens is 2. The van der Waals surface area contributed by atoms with Gasteiger partial charge in [-0.2, -0.15) is 10.4 Å². The molecule has 0 unspecified atom stereocenters. The Morgan fingerprint density at radius 2 is 1.78 bits per heavy atom. The van der Waals surface area contributed by atoms with E-state index in [1.54, 1.807) is 23.9 Å². The molecule has 0 spiro atoms. The van der Waals surface area contributed by atoms with Crippen LogP contribution in [0.3, 0.4) is 0 Å². The highest BCUT2D eigenvalue weighted by Crippen LogP contribution is 2.32. The second-order valence-corrected chi connectivity index (χ2v) is 10.7. The first kappa shape index (κ1) is 31.0. The number of ether oxygens (including phenoxy) is 2. The van der Waals surface area contributed by atoms with Crippen molar-refractivity contribution in [2.75, 3.05) is 13.2 Å². The van der Waals surface area contributed by atoms with Gasteiger partial charge in [-0.3, -0.25) is 19.3 Å². The van der Waals surface area contributed by atoms with Crippen molar-refractivity contribution < 1.29 is 23.9 Å². The molecule has 1 aliphatic rings. The lowest BCUT2D eigenvalue weighted by atomic mass is 9.93. The van der Waals surface area contributed by atoms with Gasteiger partial charge in [-0.25, -0.2) is 4.68 Å². The van der Waals surface area contributed by atoms with Gasteiger partial charge < -0.3 is 9.47 Å². The zero-order chi connectivity index (χ0) is 31.9. The lowest BCUT2D eigenvalue weighted by Crippen LogP contribution is -2.43. The van der Waals surface area contributed by atoms with Crippen LogP contribution in [0.25, 0.3) is 23.0 Å². The summed E-state index contributed by atoms with van der Waals surface area (Å²) in [5.74, 6) is -1.08. The van der Waals surface area contributed by atoms with Crippen molar-refractivity contribution in [1.82, 2.24) is 14.7 Å². The van der Waals surface area contributed by atoms with Crippen molar-refractivity contribution in [1.29, 1.82) is 5.26 Å². The number of hydrogen-bond donors (Lipinski definition) is 0. The third-order valence-electron chi connectivity index (χ3n) is 7.18. The monoisotopic (exact) mass is 620 g/mol. The first-order valence-corrected chi connectivity index (χ1v) is 14.6. The SMILES string of the molecule is CC(=O)OCCCN1C(=O)C(C#N)=C(C)/C(=C\c2cn(-c3ccccc3)nc2-c2cccc(OCc3ccccc3Cl)c2)C1=O. The summed E-state index contributed by atoms with van der Waals surface area (Å²) >= 11 is 6.31.